The Morgan fingerprint density at radius 1 is 1.14 bits per heavy atom. The van der Waals surface area contributed by atoms with Crippen molar-refractivity contribution in [3.05, 3.63) is 0 Å². The SMILES string of the molecule is CCC[N+](C)(C)CCN1CCOCC1. The van der Waals surface area contributed by atoms with Crippen LogP contribution in [0.3, 0.4) is 0 Å². The molecule has 1 aliphatic heterocycles. The maximum atomic E-state index is 5.33. The van der Waals surface area contributed by atoms with E-state index < -0.39 is 0 Å². The van der Waals surface area contributed by atoms with Crippen molar-refractivity contribution in [3.63, 3.8) is 0 Å². The number of morpholine rings is 1. The molecule has 0 aliphatic carbocycles. The third-order valence-corrected chi connectivity index (χ3v) is 2.95. The van der Waals surface area contributed by atoms with Gasteiger partial charge in [-0.1, -0.05) is 6.92 Å². The van der Waals surface area contributed by atoms with Gasteiger partial charge in [0.25, 0.3) is 0 Å². The zero-order chi connectivity index (χ0) is 10.4. The highest BCUT2D eigenvalue weighted by atomic mass is 16.5. The molecule has 0 aromatic rings. The van der Waals surface area contributed by atoms with Crippen molar-refractivity contribution in [2.24, 2.45) is 0 Å². The van der Waals surface area contributed by atoms with Crippen molar-refractivity contribution >= 4 is 0 Å². The Labute approximate surface area is 88.2 Å². The van der Waals surface area contributed by atoms with Crippen molar-refractivity contribution in [1.82, 2.24) is 4.90 Å². The van der Waals surface area contributed by atoms with E-state index in [0.717, 1.165) is 30.8 Å². The Bertz CT molecular complexity index is 153. The summed E-state index contributed by atoms with van der Waals surface area (Å²) in [7, 11) is 4.65. The highest BCUT2D eigenvalue weighted by Gasteiger charge is 2.17. The van der Waals surface area contributed by atoms with Gasteiger partial charge in [-0.25, -0.2) is 0 Å². The number of quaternary nitrogens is 1. The van der Waals surface area contributed by atoms with Crippen molar-refractivity contribution in [2.75, 3.05) is 60.0 Å². The zero-order valence-electron chi connectivity index (χ0n) is 9.96. The second-order valence-electron chi connectivity index (χ2n) is 4.84. The first-order valence-corrected chi connectivity index (χ1v) is 5.76. The molecule has 1 heterocycles. The van der Waals surface area contributed by atoms with Gasteiger partial charge in [-0.3, -0.25) is 4.90 Å². The molecule has 84 valence electrons. The first-order chi connectivity index (χ1) is 6.64. The average Bonchev–Trinajstić information content (AvgIpc) is 2.17. The molecule has 14 heavy (non-hydrogen) atoms. The van der Waals surface area contributed by atoms with Crippen LogP contribution in [0.5, 0.6) is 0 Å². The highest BCUT2D eigenvalue weighted by Crippen LogP contribution is 2.02. The lowest BCUT2D eigenvalue weighted by atomic mass is 10.3. The van der Waals surface area contributed by atoms with Crippen molar-refractivity contribution in [1.29, 1.82) is 0 Å². The Balaban J connectivity index is 2.17. The van der Waals surface area contributed by atoms with Crippen LogP contribution in [0.25, 0.3) is 0 Å². The zero-order valence-corrected chi connectivity index (χ0v) is 9.96. The molecular weight excluding hydrogens is 176 g/mol. The lowest BCUT2D eigenvalue weighted by Gasteiger charge is -2.33. The number of hydrogen-bond acceptors (Lipinski definition) is 2. The van der Waals surface area contributed by atoms with E-state index in [1.54, 1.807) is 0 Å². The van der Waals surface area contributed by atoms with E-state index in [9.17, 15) is 0 Å². The van der Waals surface area contributed by atoms with E-state index in [1.165, 1.54) is 26.1 Å². The summed E-state index contributed by atoms with van der Waals surface area (Å²) in [5.41, 5.74) is 0. The molecule has 0 atom stereocenters. The van der Waals surface area contributed by atoms with Crippen LogP contribution < -0.4 is 0 Å². The molecule has 1 fully saturated rings. The summed E-state index contributed by atoms with van der Waals surface area (Å²) < 4.78 is 6.48. The quantitative estimate of drug-likeness (QED) is 0.610. The van der Waals surface area contributed by atoms with Gasteiger partial charge in [0.2, 0.25) is 0 Å². The summed E-state index contributed by atoms with van der Waals surface area (Å²) >= 11 is 0. The van der Waals surface area contributed by atoms with Crippen LogP contribution in [0.1, 0.15) is 13.3 Å². The van der Waals surface area contributed by atoms with Gasteiger partial charge in [0.05, 0.1) is 40.4 Å². The molecule has 0 bridgehead atoms. The maximum Gasteiger partial charge on any atom is 0.0911 e. The van der Waals surface area contributed by atoms with Gasteiger partial charge >= 0.3 is 0 Å². The summed E-state index contributed by atoms with van der Waals surface area (Å²) in [5, 5.41) is 0. The van der Waals surface area contributed by atoms with Crippen LogP contribution in [0.4, 0.5) is 0 Å². The van der Waals surface area contributed by atoms with Gasteiger partial charge in [0, 0.05) is 19.6 Å². The lowest BCUT2D eigenvalue weighted by molar-refractivity contribution is -0.889. The Kier molecular flexibility index (Phi) is 4.85. The molecule has 1 rings (SSSR count). The predicted molar refractivity (Wildman–Crippen MR) is 59.4 cm³/mol. The largest absolute Gasteiger partial charge is 0.379 e. The highest BCUT2D eigenvalue weighted by molar-refractivity contribution is 4.60. The van der Waals surface area contributed by atoms with Crippen LogP contribution in [0, 0.1) is 0 Å². The van der Waals surface area contributed by atoms with Crippen LogP contribution in [-0.2, 0) is 4.74 Å². The standard InChI is InChI=1S/C11H25N2O/c1-4-8-13(2,3)9-5-12-6-10-14-11-7-12/h4-11H2,1-3H3/q+1. The minimum atomic E-state index is 0.918. The number of likely N-dealkylation sites (N-methyl/N-ethyl adjacent to an activating group) is 1. The molecule has 3 nitrogen and oxygen atoms in total. The summed E-state index contributed by atoms with van der Waals surface area (Å²) in [4.78, 5) is 2.51. The minimum absolute atomic E-state index is 0.918. The van der Waals surface area contributed by atoms with Crippen molar-refractivity contribution in [2.45, 2.75) is 13.3 Å². The third-order valence-electron chi connectivity index (χ3n) is 2.95. The van der Waals surface area contributed by atoms with Gasteiger partial charge in [-0.2, -0.15) is 0 Å². The van der Waals surface area contributed by atoms with E-state index in [4.69, 9.17) is 4.74 Å². The molecule has 0 aromatic carbocycles. The van der Waals surface area contributed by atoms with Gasteiger partial charge < -0.3 is 9.22 Å². The third kappa shape index (κ3) is 4.40. The average molecular weight is 201 g/mol. The van der Waals surface area contributed by atoms with Gasteiger partial charge in [-0.05, 0) is 6.42 Å². The molecule has 0 radical (unpaired) electrons. The monoisotopic (exact) mass is 201 g/mol. The van der Waals surface area contributed by atoms with Gasteiger partial charge in [-0.15, -0.1) is 0 Å². The molecule has 0 unspecified atom stereocenters. The molecular formula is C11H25N2O+. The number of rotatable bonds is 5. The van der Waals surface area contributed by atoms with Gasteiger partial charge in [0.15, 0.2) is 0 Å². The minimum Gasteiger partial charge on any atom is -0.379 e. The van der Waals surface area contributed by atoms with Gasteiger partial charge in [0.1, 0.15) is 0 Å². The van der Waals surface area contributed by atoms with Crippen molar-refractivity contribution in [3.8, 4) is 0 Å². The Morgan fingerprint density at radius 2 is 1.79 bits per heavy atom. The molecule has 0 aromatic heterocycles. The summed E-state index contributed by atoms with van der Waals surface area (Å²) in [6.45, 7) is 10.1. The van der Waals surface area contributed by atoms with E-state index in [1.807, 2.05) is 0 Å². The first kappa shape index (κ1) is 12.0. The van der Waals surface area contributed by atoms with E-state index in [0.29, 0.717) is 0 Å². The summed E-state index contributed by atoms with van der Waals surface area (Å²) in [6.07, 6.45) is 1.27. The van der Waals surface area contributed by atoms with Crippen LogP contribution in [0.15, 0.2) is 0 Å². The topological polar surface area (TPSA) is 12.5 Å². The number of nitrogens with zero attached hydrogens (tertiary/aromatic N) is 2. The maximum absolute atomic E-state index is 5.33. The Hall–Kier alpha value is -0.120. The molecule has 0 saturated carbocycles. The lowest BCUT2D eigenvalue weighted by Crippen LogP contribution is -2.48. The second-order valence-corrected chi connectivity index (χ2v) is 4.84. The van der Waals surface area contributed by atoms with Crippen LogP contribution >= 0.6 is 0 Å². The summed E-state index contributed by atoms with van der Waals surface area (Å²) in [6, 6.07) is 0. The molecule has 1 aliphatic rings. The number of hydrogen-bond donors (Lipinski definition) is 0. The van der Waals surface area contributed by atoms with Crippen LogP contribution in [-0.4, -0.2) is 69.4 Å². The van der Waals surface area contributed by atoms with E-state index in [2.05, 4.69) is 25.9 Å². The molecule has 3 heteroatoms. The molecule has 0 amide bonds. The van der Waals surface area contributed by atoms with Crippen molar-refractivity contribution < 1.29 is 9.22 Å². The molecule has 0 spiro atoms. The van der Waals surface area contributed by atoms with E-state index in [-0.39, 0.29) is 0 Å². The van der Waals surface area contributed by atoms with E-state index >= 15 is 0 Å². The number of ether oxygens (including phenoxy) is 1. The summed E-state index contributed by atoms with van der Waals surface area (Å²) in [5.74, 6) is 0. The fraction of sp³-hybridized carbons (Fsp3) is 1.00. The fourth-order valence-electron chi connectivity index (χ4n) is 1.95. The fourth-order valence-corrected chi connectivity index (χ4v) is 1.95. The normalized spacial score (nSPS) is 19.9. The second kappa shape index (κ2) is 5.69. The predicted octanol–water partition coefficient (Wildman–Crippen LogP) is 0.805. The Morgan fingerprint density at radius 3 is 2.36 bits per heavy atom. The first-order valence-electron chi connectivity index (χ1n) is 5.76. The van der Waals surface area contributed by atoms with Crippen LogP contribution in [0.2, 0.25) is 0 Å². The smallest absolute Gasteiger partial charge is 0.0911 e. The molecule has 0 N–H and O–H groups in total. The molecule has 1 saturated heterocycles.